The number of allylic oxidation sites excluding steroid dienone is 2. The van der Waals surface area contributed by atoms with Crippen LogP contribution in [0.25, 0.3) is 119 Å². The minimum Gasteiger partial charge on any atom is -0.456 e. The van der Waals surface area contributed by atoms with Crippen LogP contribution < -0.4 is 0 Å². The molecule has 4 heterocycles. The Morgan fingerprint density at radius 3 is 2.07 bits per heavy atom. The first kappa shape index (κ1) is 39.6. The Kier molecular flexibility index (Phi) is 8.77. The molecule has 4 aromatic heterocycles. The molecular weight excluding hydrogens is 861 g/mol. The largest absolute Gasteiger partial charge is 0.456 e. The van der Waals surface area contributed by atoms with Crippen LogP contribution in [0.3, 0.4) is 0 Å². The highest BCUT2D eigenvalue weighted by Crippen LogP contribution is 2.45. The van der Waals surface area contributed by atoms with Crippen LogP contribution in [0.2, 0.25) is 0 Å². The van der Waals surface area contributed by atoms with Gasteiger partial charge >= 0.3 is 0 Å². The van der Waals surface area contributed by atoms with Crippen LogP contribution in [0.5, 0.6) is 0 Å². The quantitative estimate of drug-likeness (QED) is 0.118. The maximum absolute atomic E-state index is 7.08. The molecule has 0 N–H and O–H groups in total. The topological polar surface area (TPSA) is 43.6 Å². The molecule has 0 aliphatic carbocycles. The van der Waals surface area contributed by atoms with Crippen LogP contribution >= 0.6 is 11.3 Å². The first-order valence-electron chi connectivity index (χ1n) is 23.5. The molecule has 14 rings (SSSR count). The van der Waals surface area contributed by atoms with Crippen LogP contribution in [0.15, 0.2) is 226 Å². The number of nitrogens with zero attached hydrogens (tertiary/aromatic N) is 2. The molecule has 69 heavy (non-hydrogen) atoms. The van der Waals surface area contributed by atoms with E-state index in [1.807, 2.05) is 29.5 Å². The van der Waals surface area contributed by atoms with E-state index in [9.17, 15) is 0 Å². The van der Waals surface area contributed by atoms with Gasteiger partial charge in [0.2, 0.25) is 0 Å². The number of aliphatic imine (C=N–C) groups is 1. The highest BCUT2D eigenvalue weighted by Gasteiger charge is 2.24. The smallest absolute Gasteiger partial charge is 0.159 e. The first-order valence-corrected chi connectivity index (χ1v) is 24.3. The van der Waals surface area contributed by atoms with E-state index in [0.717, 1.165) is 99.5 Å². The van der Waals surface area contributed by atoms with Gasteiger partial charge in [-0.25, -0.2) is 0 Å². The van der Waals surface area contributed by atoms with Crippen molar-refractivity contribution in [3.8, 4) is 5.69 Å². The van der Waals surface area contributed by atoms with Gasteiger partial charge in [-0.1, -0.05) is 152 Å². The van der Waals surface area contributed by atoms with Crippen LogP contribution in [0.4, 0.5) is 0 Å². The number of furan rings is 2. The van der Waals surface area contributed by atoms with Gasteiger partial charge in [0.15, 0.2) is 5.58 Å². The summed E-state index contributed by atoms with van der Waals surface area (Å²) in [6.45, 7) is 8.91. The Morgan fingerprint density at radius 1 is 0.536 bits per heavy atom. The standard InChI is InChI=1S/C64H42N2O2S/c1-4-53(49-26-15-24-47-45-22-10-13-29-57(45)67-62(47)49)65-61(50-27-16-25-48-46-23-11-14-30-59(46)69-64(48)50)38(3)37(2)42-34-52-60-43-20-8-7-17-39(43)31-32-58(60)68-63(52)56(36-42)66-54-28-12-9-21-44(54)51-33-40-18-5-6-19-41(40)35-55(51)66/h4-36,53H,1H2,2-3H3/b38-37+,65-61?. The molecule has 0 fully saturated rings. The minimum absolute atomic E-state index is 0.411. The monoisotopic (exact) mass is 902 g/mol. The fourth-order valence-electron chi connectivity index (χ4n) is 11.0. The minimum atomic E-state index is -0.411. The fourth-order valence-corrected chi connectivity index (χ4v) is 12.2. The number of para-hydroxylation sites is 3. The molecule has 0 bridgehead atoms. The predicted octanol–water partition coefficient (Wildman–Crippen LogP) is 18.5. The van der Waals surface area contributed by atoms with E-state index < -0.39 is 6.04 Å². The average molecular weight is 903 g/mol. The SMILES string of the molecule is C=CC(N=C(/C(C)=C(\C)c1cc(-n2c3ccccc3c3cc4ccccc4cc32)c2oc3ccc4ccccc4c3c2c1)c1cccc2c1sc1ccccc12)c1cccc2c1oc1ccccc12. The summed E-state index contributed by atoms with van der Waals surface area (Å²) >= 11 is 1.82. The summed E-state index contributed by atoms with van der Waals surface area (Å²) in [5.74, 6) is 0. The fraction of sp³-hybridized carbons (Fsp3) is 0.0469. The van der Waals surface area contributed by atoms with Gasteiger partial charge < -0.3 is 13.4 Å². The number of fused-ring (bicyclic) bond motifs is 15. The lowest BCUT2D eigenvalue weighted by Gasteiger charge is -2.18. The summed E-state index contributed by atoms with van der Waals surface area (Å²) in [5, 5.41) is 13.9. The Bertz CT molecular complexity index is 4550. The molecule has 326 valence electrons. The Hall–Kier alpha value is -8.51. The van der Waals surface area contributed by atoms with E-state index in [1.54, 1.807) is 0 Å². The Balaban J connectivity index is 1.07. The average Bonchev–Trinajstić information content (AvgIpc) is 4.17. The van der Waals surface area contributed by atoms with E-state index in [-0.39, 0.29) is 0 Å². The van der Waals surface area contributed by atoms with Crippen molar-refractivity contribution >= 4 is 130 Å². The highest BCUT2D eigenvalue weighted by atomic mass is 32.1. The van der Waals surface area contributed by atoms with Crippen molar-refractivity contribution in [2.75, 3.05) is 0 Å². The Labute approximate surface area is 401 Å². The van der Waals surface area contributed by atoms with Gasteiger partial charge in [0.05, 0.1) is 28.5 Å². The van der Waals surface area contributed by atoms with Crippen molar-refractivity contribution in [2.45, 2.75) is 19.9 Å². The Morgan fingerprint density at radius 2 is 1.22 bits per heavy atom. The summed E-state index contributed by atoms with van der Waals surface area (Å²) in [4.78, 5) is 5.81. The third-order valence-electron chi connectivity index (χ3n) is 14.5. The molecule has 4 nitrogen and oxygen atoms in total. The summed E-state index contributed by atoms with van der Waals surface area (Å²) in [5.41, 5.74) is 12.9. The molecule has 1 unspecified atom stereocenters. The molecular formula is C64H42N2O2S. The third kappa shape index (κ3) is 5.97. The number of thiophene rings is 1. The summed E-state index contributed by atoms with van der Waals surface area (Å²) in [7, 11) is 0. The van der Waals surface area contributed by atoms with Gasteiger partial charge in [-0.15, -0.1) is 17.9 Å². The second-order valence-corrected chi connectivity index (χ2v) is 19.3. The number of aromatic nitrogens is 1. The van der Waals surface area contributed by atoms with Crippen molar-refractivity contribution in [1.82, 2.24) is 4.57 Å². The normalized spacial score (nSPS) is 13.4. The molecule has 0 amide bonds. The van der Waals surface area contributed by atoms with Crippen LogP contribution in [-0.2, 0) is 0 Å². The van der Waals surface area contributed by atoms with E-state index >= 15 is 0 Å². The molecule has 0 spiro atoms. The van der Waals surface area contributed by atoms with Gasteiger partial charge in [-0.3, -0.25) is 4.99 Å². The van der Waals surface area contributed by atoms with Crippen molar-refractivity contribution in [3.05, 3.63) is 229 Å². The predicted molar refractivity (Wildman–Crippen MR) is 294 cm³/mol. The van der Waals surface area contributed by atoms with Gasteiger partial charge in [0, 0.05) is 63.6 Å². The van der Waals surface area contributed by atoms with Crippen LogP contribution in [0, 0.1) is 0 Å². The second kappa shape index (κ2) is 15.3. The van der Waals surface area contributed by atoms with Crippen molar-refractivity contribution < 1.29 is 8.83 Å². The maximum atomic E-state index is 7.08. The van der Waals surface area contributed by atoms with Crippen molar-refractivity contribution in [3.63, 3.8) is 0 Å². The van der Waals surface area contributed by atoms with Gasteiger partial charge in [-0.2, -0.15) is 0 Å². The molecule has 0 aliphatic heterocycles. The molecule has 0 saturated heterocycles. The summed E-state index contributed by atoms with van der Waals surface area (Å²) < 4.78 is 18.6. The molecule has 0 radical (unpaired) electrons. The van der Waals surface area contributed by atoms with Crippen LogP contribution in [0.1, 0.15) is 36.6 Å². The summed E-state index contributed by atoms with van der Waals surface area (Å²) in [6, 6.07) is 69.3. The highest BCUT2D eigenvalue weighted by molar-refractivity contribution is 7.26. The second-order valence-electron chi connectivity index (χ2n) is 18.2. The lowest BCUT2D eigenvalue weighted by atomic mass is 9.92. The molecule has 5 heteroatoms. The first-order chi connectivity index (χ1) is 34.0. The lowest BCUT2D eigenvalue weighted by molar-refractivity contribution is 0.659. The van der Waals surface area contributed by atoms with Crippen LogP contribution in [-0.4, -0.2) is 10.3 Å². The zero-order valence-corrected chi connectivity index (χ0v) is 38.8. The maximum Gasteiger partial charge on any atom is 0.159 e. The molecule has 10 aromatic carbocycles. The van der Waals surface area contributed by atoms with Gasteiger partial charge in [0.25, 0.3) is 0 Å². The van der Waals surface area contributed by atoms with E-state index in [2.05, 4.69) is 207 Å². The molecule has 0 aliphatic rings. The molecule has 1 atom stereocenters. The van der Waals surface area contributed by atoms with E-state index in [0.29, 0.717) is 0 Å². The number of benzene rings is 10. The van der Waals surface area contributed by atoms with Crippen molar-refractivity contribution in [2.24, 2.45) is 4.99 Å². The lowest BCUT2D eigenvalue weighted by Crippen LogP contribution is -2.08. The summed E-state index contributed by atoms with van der Waals surface area (Å²) in [6.07, 6.45) is 1.95. The zero-order chi connectivity index (χ0) is 45.9. The number of rotatable bonds is 7. The van der Waals surface area contributed by atoms with Gasteiger partial charge in [-0.05, 0) is 101 Å². The number of hydrogen-bond acceptors (Lipinski definition) is 4. The van der Waals surface area contributed by atoms with Crippen molar-refractivity contribution in [1.29, 1.82) is 0 Å². The molecule has 0 saturated carbocycles. The van der Waals surface area contributed by atoms with E-state index in [4.69, 9.17) is 13.8 Å². The third-order valence-corrected chi connectivity index (χ3v) is 15.7. The molecule has 14 aromatic rings. The van der Waals surface area contributed by atoms with E-state index in [1.165, 1.54) is 47.1 Å². The zero-order valence-electron chi connectivity index (χ0n) is 38.0. The van der Waals surface area contributed by atoms with Gasteiger partial charge in [0.1, 0.15) is 16.7 Å². The number of hydrogen-bond donors (Lipinski definition) is 0.